The third-order valence-corrected chi connectivity index (χ3v) is 5.85. The van der Waals surface area contributed by atoms with Crippen LogP contribution in [0.2, 0.25) is 0 Å². The molecule has 9 heteroatoms. The minimum absolute atomic E-state index is 0.102. The normalized spacial score (nSPS) is 14.6. The third kappa shape index (κ3) is 5.12. The number of carbonyl (C=O) groups excluding carboxylic acids is 3. The Hall–Kier alpha value is -2.26. The van der Waals surface area contributed by atoms with Crippen LogP contribution in [0.25, 0.3) is 9.88 Å². The number of amides is 3. The van der Waals surface area contributed by atoms with E-state index in [2.05, 4.69) is 15.6 Å². The first-order valence-electron chi connectivity index (χ1n) is 8.38. The largest absolute Gasteiger partial charge is 0.451 e. The maximum absolute atomic E-state index is 12.0. The zero-order chi connectivity index (χ0) is 18.4. The van der Waals surface area contributed by atoms with Crippen LogP contribution in [0.15, 0.2) is 22.9 Å². The lowest BCUT2D eigenvalue weighted by atomic mass is 9.96. The van der Waals surface area contributed by atoms with E-state index in [0.717, 1.165) is 35.6 Å². The minimum Gasteiger partial charge on any atom is -0.451 e. The number of thiazole rings is 1. The summed E-state index contributed by atoms with van der Waals surface area (Å²) in [6.45, 7) is -0.525. The molecule has 1 aliphatic rings. The summed E-state index contributed by atoms with van der Waals surface area (Å²) in [7, 11) is 0. The maximum atomic E-state index is 12.0. The van der Waals surface area contributed by atoms with Crippen LogP contribution < -0.4 is 10.6 Å². The second-order valence-corrected chi connectivity index (χ2v) is 7.75. The van der Waals surface area contributed by atoms with Gasteiger partial charge < -0.3 is 10.1 Å². The predicted octanol–water partition coefficient (Wildman–Crippen LogP) is 3.19. The van der Waals surface area contributed by atoms with Crippen molar-refractivity contribution in [3.8, 4) is 9.88 Å². The Morgan fingerprint density at radius 1 is 1.19 bits per heavy atom. The Balaban J connectivity index is 1.42. The van der Waals surface area contributed by atoms with E-state index in [-0.39, 0.29) is 11.7 Å². The Morgan fingerprint density at radius 3 is 2.73 bits per heavy atom. The number of rotatable bonds is 5. The highest BCUT2D eigenvalue weighted by Gasteiger charge is 2.19. The number of esters is 1. The maximum Gasteiger partial charge on any atom is 0.358 e. The van der Waals surface area contributed by atoms with Gasteiger partial charge in [-0.3, -0.25) is 10.1 Å². The van der Waals surface area contributed by atoms with Crippen molar-refractivity contribution in [1.82, 2.24) is 15.6 Å². The SMILES string of the molecule is O=C(COC(=O)c1csc(-c2cccs2)n1)NC(=O)NC1CCCCC1. The van der Waals surface area contributed by atoms with Crippen LogP contribution in [0.5, 0.6) is 0 Å². The van der Waals surface area contributed by atoms with E-state index in [1.54, 1.807) is 5.38 Å². The number of nitrogens with one attached hydrogen (secondary N) is 2. The number of thiophene rings is 1. The first-order valence-corrected chi connectivity index (χ1v) is 10.1. The summed E-state index contributed by atoms with van der Waals surface area (Å²) < 4.78 is 4.93. The fourth-order valence-corrected chi connectivity index (χ4v) is 4.32. The van der Waals surface area contributed by atoms with Gasteiger partial charge in [0.1, 0.15) is 5.01 Å². The highest BCUT2D eigenvalue weighted by Crippen LogP contribution is 2.27. The summed E-state index contributed by atoms with van der Waals surface area (Å²) in [6, 6.07) is 3.37. The van der Waals surface area contributed by atoms with E-state index in [0.29, 0.717) is 0 Å². The zero-order valence-electron chi connectivity index (χ0n) is 14.0. The van der Waals surface area contributed by atoms with E-state index < -0.39 is 24.5 Å². The van der Waals surface area contributed by atoms with E-state index in [1.807, 2.05) is 17.5 Å². The molecule has 0 bridgehead atoms. The molecular formula is C17H19N3O4S2. The van der Waals surface area contributed by atoms with Crippen LogP contribution >= 0.6 is 22.7 Å². The van der Waals surface area contributed by atoms with Gasteiger partial charge in [-0.15, -0.1) is 22.7 Å². The van der Waals surface area contributed by atoms with Crippen LogP contribution in [0, 0.1) is 0 Å². The molecule has 2 aromatic heterocycles. The first kappa shape index (κ1) is 18.5. The molecule has 0 unspecified atom stereocenters. The van der Waals surface area contributed by atoms with Gasteiger partial charge in [-0.2, -0.15) is 0 Å². The molecule has 0 radical (unpaired) electrons. The fraction of sp³-hybridized carbons (Fsp3) is 0.412. The van der Waals surface area contributed by atoms with Crippen molar-refractivity contribution in [2.45, 2.75) is 38.1 Å². The van der Waals surface area contributed by atoms with E-state index in [9.17, 15) is 14.4 Å². The third-order valence-electron chi connectivity index (χ3n) is 3.97. The van der Waals surface area contributed by atoms with Crippen molar-refractivity contribution in [3.63, 3.8) is 0 Å². The van der Waals surface area contributed by atoms with Gasteiger partial charge in [0.05, 0.1) is 4.88 Å². The van der Waals surface area contributed by atoms with Crippen molar-refractivity contribution < 1.29 is 19.1 Å². The van der Waals surface area contributed by atoms with Crippen molar-refractivity contribution in [2.75, 3.05) is 6.61 Å². The van der Waals surface area contributed by atoms with Crippen LogP contribution in [0.4, 0.5) is 4.79 Å². The number of hydrogen-bond donors (Lipinski definition) is 2. The van der Waals surface area contributed by atoms with Gasteiger partial charge in [0.15, 0.2) is 12.3 Å². The number of nitrogens with zero attached hydrogens (tertiary/aromatic N) is 1. The minimum atomic E-state index is -0.688. The molecule has 7 nitrogen and oxygen atoms in total. The van der Waals surface area contributed by atoms with Crippen LogP contribution in [0.1, 0.15) is 42.6 Å². The number of carbonyl (C=O) groups is 3. The summed E-state index contributed by atoms with van der Waals surface area (Å²) in [5, 5.41) is 9.19. The van der Waals surface area contributed by atoms with Crippen LogP contribution in [-0.2, 0) is 9.53 Å². The van der Waals surface area contributed by atoms with Gasteiger partial charge in [-0.25, -0.2) is 14.6 Å². The number of ether oxygens (including phenoxy) is 1. The Bertz CT molecular complexity index is 767. The van der Waals surface area contributed by atoms with Crippen molar-refractivity contribution in [3.05, 3.63) is 28.6 Å². The van der Waals surface area contributed by atoms with Gasteiger partial charge in [-0.1, -0.05) is 25.3 Å². The summed E-state index contributed by atoms with van der Waals surface area (Å²) in [5.74, 6) is -1.35. The smallest absolute Gasteiger partial charge is 0.358 e. The van der Waals surface area contributed by atoms with Crippen LogP contribution in [0.3, 0.4) is 0 Å². The summed E-state index contributed by atoms with van der Waals surface area (Å²) in [4.78, 5) is 40.7. The average molecular weight is 393 g/mol. The molecule has 3 rings (SSSR count). The summed E-state index contributed by atoms with van der Waals surface area (Å²) in [5.41, 5.74) is 0.151. The number of hydrogen-bond acceptors (Lipinski definition) is 7. The number of aromatic nitrogens is 1. The molecule has 1 fully saturated rings. The zero-order valence-corrected chi connectivity index (χ0v) is 15.7. The van der Waals surface area contributed by atoms with E-state index in [1.165, 1.54) is 29.1 Å². The van der Waals surface area contributed by atoms with Gasteiger partial charge in [0, 0.05) is 11.4 Å². The molecule has 1 saturated carbocycles. The molecule has 3 amide bonds. The second-order valence-electron chi connectivity index (χ2n) is 5.95. The van der Waals surface area contributed by atoms with Gasteiger partial charge in [-0.05, 0) is 24.3 Å². The van der Waals surface area contributed by atoms with Crippen molar-refractivity contribution in [1.29, 1.82) is 0 Å². The number of urea groups is 1. The summed E-state index contributed by atoms with van der Waals surface area (Å²) >= 11 is 2.86. The monoisotopic (exact) mass is 393 g/mol. The molecule has 2 aromatic rings. The van der Waals surface area contributed by atoms with Gasteiger partial charge in [0.2, 0.25) is 0 Å². The topological polar surface area (TPSA) is 97.4 Å². The molecule has 2 N–H and O–H groups in total. The van der Waals surface area contributed by atoms with Gasteiger partial charge >= 0.3 is 12.0 Å². The van der Waals surface area contributed by atoms with Crippen molar-refractivity contribution >= 4 is 40.6 Å². The molecular weight excluding hydrogens is 374 g/mol. The molecule has 26 heavy (non-hydrogen) atoms. The molecule has 0 spiro atoms. The summed E-state index contributed by atoms with van der Waals surface area (Å²) in [6.07, 6.45) is 5.19. The molecule has 0 saturated heterocycles. The Morgan fingerprint density at radius 2 is 2.00 bits per heavy atom. The van der Waals surface area contributed by atoms with Crippen LogP contribution in [-0.4, -0.2) is 35.5 Å². The standard InChI is InChI=1S/C17H19N3O4S2/c21-14(20-17(23)18-11-5-2-1-3-6-11)9-24-16(22)12-10-26-15(19-12)13-7-4-8-25-13/h4,7-8,10-11H,1-3,5-6,9H2,(H2,18,20,21,23). The Kier molecular flexibility index (Phi) is 6.35. The average Bonchev–Trinajstić information content (AvgIpc) is 3.31. The highest BCUT2D eigenvalue weighted by atomic mass is 32.1. The van der Waals surface area contributed by atoms with E-state index in [4.69, 9.17) is 4.74 Å². The molecule has 138 valence electrons. The predicted molar refractivity (Wildman–Crippen MR) is 99.3 cm³/mol. The molecule has 0 atom stereocenters. The lowest BCUT2D eigenvalue weighted by Gasteiger charge is -2.22. The highest BCUT2D eigenvalue weighted by molar-refractivity contribution is 7.20. The first-order chi connectivity index (χ1) is 12.6. The molecule has 2 heterocycles. The fourth-order valence-electron chi connectivity index (χ4n) is 2.72. The lowest BCUT2D eigenvalue weighted by molar-refractivity contribution is -0.123. The quantitative estimate of drug-likeness (QED) is 0.761. The van der Waals surface area contributed by atoms with Crippen molar-refractivity contribution in [2.24, 2.45) is 0 Å². The second kappa shape index (κ2) is 8.91. The molecule has 0 aromatic carbocycles. The van der Waals surface area contributed by atoms with E-state index >= 15 is 0 Å². The Labute approximate surface area is 158 Å². The molecule has 0 aliphatic heterocycles. The lowest BCUT2D eigenvalue weighted by Crippen LogP contribution is -2.46. The number of imide groups is 1. The van der Waals surface area contributed by atoms with Gasteiger partial charge in [0.25, 0.3) is 5.91 Å². The molecule has 1 aliphatic carbocycles.